The van der Waals surface area contributed by atoms with Crippen molar-refractivity contribution in [3.8, 4) is 5.75 Å². The molecule has 8 nitrogen and oxygen atoms in total. The Balaban J connectivity index is 1.37. The maximum atomic E-state index is 14.0. The van der Waals surface area contributed by atoms with Crippen molar-refractivity contribution in [3.05, 3.63) is 138 Å². The van der Waals surface area contributed by atoms with E-state index >= 15 is 0 Å². The summed E-state index contributed by atoms with van der Waals surface area (Å²) >= 11 is 0. The molecule has 1 aliphatic heterocycles. The molecule has 4 aromatic carbocycles. The predicted molar refractivity (Wildman–Crippen MR) is 184 cm³/mol. The van der Waals surface area contributed by atoms with Crippen LogP contribution in [0.4, 0.5) is 0 Å². The zero-order valence-electron chi connectivity index (χ0n) is 27.5. The lowest BCUT2D eigenvalue weighted by Gasteiger charge is -2.46. The van der Waals surface area contributed by atoms with Crippen LogP contribution in [0.2, 0.25) is 0 Å². The van der Waals surface area contributed by atoms with E-state index in [-0.39, 0.29) is 24.8 Å². The van der Waals surface area contributed by atoms with Gasteiger partial charge >= 0.3 is 7.60 Å². The van der Waals surface area contributed by atoms with Crippen molar-refractivity contribution in [2.24, 2.45) is 5.92 Å². The third-order valence-electron chi connectivity index (χ3n) is 8.63. The first-order valence-corrected chi connectivity index (χ1v) is 18.4. The van der Waals surface area contributed by atoms with Crippen LogP contribution < -0.4 is 4.74 Å². The van der Waals surface area contributed by atoms with Gasteiger partial charge in [-0.1, -0.05) is 109 Å². The molecule has 0 amide bonds. The normalized spacial score (nSPS) is 25.4. The monoisotopic (exact) mass is 672 g/mol. The zero-order valence-corrected chi connectivity index (χ0v) is 28.4. The van der Waals surface area contributed by atoms with Gasteiger partial charge in [0.25, 0.3) is 0 Å². The van der Waals surface area contributed by atoms with Crippen LogP contribution in [0.25, 0.3) is 0 Å². The maximum absolute atomic E-state index is 14.0. The van der Waals surface area contributed by atoms with Crippen LogP contribution in [0.1, 0.15) is 37.0 Å². The summed E-state index contributed by atoms with van der Waals surface area (Å²) in [6, 6.07) is 39.6. The fraction of sp³-hybridized carbons (Fsp3) is 0.385. The molecule has 1 aliphatic carbocycles. The number of rotatable bonds is 17. The number of hydrogen-bond donors (Lipinski definition) is 0. The van der Waals surface area contributed by atoms with Crippen molar-refractivity contribution in [2.45, 2.75) is 76.5 Å². The minimum absolute atomic E-state index is 0.172. The summed E-state index contributed by atoms with van der Waals surface area (Å²) in [6.07, 6.45) is -2.65. The van der Waals surface area contributed by atoms with Gasteiger partial charge in [-0.25, -0.2) is 0 Å². The van der Waals surface area contributed by atoms with Crippen LogP contribution in [0, 0.1) is 5.92 Å². The van der Waals surface area contributed by atoms with Gasteiger partial charge in [-0.15, -0.1) is 0 Å². The highest BCUT2D eigenvalue weighted by Crippen LogP contribution is 2.67. The highest BCUT2D eigenvalue weighted by molar-refractivity contribution is 7.55. The standard InChI is InChI=1S/C39H45O8P/c1-3-44-48(40,45-4-2)34-25-33(34)35-36(41-26-29-17-9-5-10-18-29)37(42-27-30-19-11-6-12-20-30)38(43-28-31-21-13-7-14-22-31)39(47-35)46-32-23-15-8-16-24-32/h5-24,33-39H,3-4,25-28H2,1-2H3/t33?,34?,35-,36-,37+,38+,39+/m1/s1. The molecular formula is C39H45O8P. The van der Waals surface area contributed by atoms with E-state index in [4.69, 9.17) is 32.7 Å². The molecule has 2 fully saturated rings. The Hall–Kier alpha value is -3.33. The second-order valence-corrected chi connectivity index (χ2v) is 14.3. The molecule has 0 radical (unpaired) electrons. The van der Waals surface area contributed by atoms with Gasteiger partial charge in [0.15, 0.2) is 0 Å². The van der Waals surface area contributed by atoms with Crippen molar-refractivity contribution >= 4 is 7.60 Å². The highest BCUT2D eigenvalue weighted by atomic mass is 31.2. The van der Waals surface area contributed by atoms with Crippen molar-refractivity contribution in [3.63, 3.8) is 0 Å². The third kappa shape index (κ3) is 8.82. The summed E-state index contributed by atoms with van der Waals surface area (Å²) in [5.74, 6) is 0.469. The highest BCUT2D eigenvalue weighted by Gasteiger charge is 2.62. The summed E-state index contributed by atoms with van der Waals surface area (Å²) in [4.78, 5) is 0. The molecule has 2 unspecified atom stereocenters. The first-order chi connectivity index (χ1) is 23.6. The van der Waals surface area contributed by atoms with E-state index in [1.165, 1.54) is 0 Å². The number of hydrogen-bond acceptors (Lipinski definition) is 8. The summed E-state index contributed by atoms with van der Waals surface area (Å²) in [5, 5.41) is 0. The van der Waals surface area contributed by atoms with Gasteiger partial charge in [-0.3, -0.25) is 4.57 Å². The maximum Gasteiger partial charge on any atom is 0.334 e. The molecule has 9 heteroatoms. The Morgan fingerprint density at radius 1 is 0.604 bits per heavy atom. The molecule has 0 N–H and O–H groups in total. The lowest BCUT2D eigenvalue weighted by molar-refractivity contribution is -0.307. The Labute approximate surface area is 283 Å². The Kier molecular flexibility index (Phi) is 12.1. The van der Waals surface area contributed by atoms with E-state index in [2.05, 4.69) is 0 Å². The third-order valence-corrected chi connectivity index (χ3v) is 11.3. The van der Waals surface area contributed by atoms with E-state index < -0.39 is 38.3 Å². The van der Waals surface area contributed by atoms with Crippen LogP contribution in [0.15, 0.2) is 121 Å². The Bertz CT molecular complexity index is 1550. The van der Waals surface area contributed by atoms with E-state index in [1.54, 1.807) is 0 Å². The van der Waals surface area contributed by atoms with Crippen molar-refractivity contribution in [2.75, 3.05) is 13.2 Å². The molecule has 6 rings (SSSR count). The molecule has 48 heavy (non-hydrogen) atoms. The van der Waals surface area contributed by atoms with Gasteiger partial charge in [0.2, 0.25) is 6.29 Å². The molecule has 1 saturated carbocycles. The topological polar surface area (TPSA) is 81.7 Å². The molecule has 1 heterocycles. The fourth-order valence-corrected chi connectivity index (χ4v) is 8.59. The molecule has 0 bridgehead atoms. The summed E-state index contributed by atoms with van der Waals surface area (Å²) in [5.41, 5.74) is 2.72. The van der Waals surface area contributed by atoms with Gasteiger partial charge < -0.3 is 32.7 Å². The first kappa shape index (κ1) is 34.5. The molecule has 7 atom stereocenters. The fourth-order valence-electron chi connectivity index (χ4n) is 6.27. The molecule has 1 saturated heterocycles. The summed E-state index contributed by atoms with van der Waals surface area (Å²) in [6.45, 7) is 5.22. The molecule has 0 spiro atoms. The SMILES string of the molecule is CCOP(=O)(OCC)C1CC1[C@H]1O[C@H](Oc2ccccc2)[C@@H](OCc2ccccc2)[C@@H](OCc2ccccc2)[C@@H]1OCc1ccccc1. The number of benzene rings is 4. The molecule has 0 aromatic heterocycles. The second kappa shape index (κ2) is 16.9. The largest absolute Gasteiger partial charge is 0.462 e. The molecular weight excluding hydrogens is 627 g/mol. The minimum atomic E-state index is -3.39. The lowest BCUT2D eigenvalue weighted by Crippen LogP contribution is -2.62. The van der Waals surface area contributed by atoms with Gasteiger partial charge in [0.05, 0.1) is 44.8 Å². The summed E-state index contributed by atoms with van der Waals surface area (Å²) in [7, 11) is -3.39. The molecule has 254 valence electrons. The smallest absolute Gasteiger partial charge is 0.334 e. The van der Waals surface area contributed by atoms with Crippen LogP contribution in [-0.2, 0) is 52.4 Å². The predicted octanol–water partition coefficient (Wildman–Crippen LogP) is 8.20. The van der Waals surface area contributed by atoms with Gasteiger partial charge in [0, 0.05) is 5.92 Å². The summed E-state index contributed by atoms with van der Waals surface area (Å²) < 4.78 is 59.3. The van der Waals surface area contributed by atoms with Gasteiger partial charge in [-0.05, 0) is 49.1 Å². The van der Waals surface area contributed by atoms with Crippen molar-refractivity contribution in [1.29, 1.82) is 0 Å². The van der Waals surface area contributed by atoms with Crippen molar-refractivity contribution < 1.29 is 37.3 Å². The van der Waals surface area contributed by atoms with E-state index in [0.717, 1.165) is 16.7 Å². The van der Waals surface area contributed by atoms with E-state index in [1.807, 2.05) is 135 Å². The van der Waals surface area contributed by atoms with Crippen LogP contribution in [-0.4, -0.2) is 49.6 Å². The lowest BCUT2D eigenvalue weighted by atomic mass is 9.94. The Morgan fingerprint density at radius 2 is 1.04 bits per heavy atom. The van der Waals surface area contributed by atoms with Crippen LogP contribution in [0.3, 0.4) is 0 Å². The van der Waals surface area contributed by atoms with Crippen molar-refractivity contribution in [1.82, 2.24) is 0 Å². The molecule has 4 aromatic rings. The number of ether oxygens (including phenoxy) is 5. The average molecular weight is 673 g/mol. The van der Waals surface area contributed by atoms with Gasteiger partial charge in [-0.2, -0.15) is 0 Å². The minimum Gasteiger partial charge on any atom is -0.462 e. The number of para-hydroxylation sites is 1. The van der Waals surface area contributed by atoms with Crippen LogP contribution in [0.5, 0.6) is 5.75 Å². The first-order valence-electron chi connectivity index (χ1n) is 16.8. The van der Waals surface area contributed by atoms with E-state index in [0.29, 0.717) is 32.0 Å². The van der Waals surface area contributed by atoms with Crippen LogP contribution >= 0.6 is 7.60 Å². The van der Waals surface area contributed by atoms with Gasteiger partial charge in [0.1, 0.15) is 24.1 Å². The Morgan fingerprint density at radius 3 is 1.52 bits per heavy atom. The zero-order chi connectivity index (χ0) is 33.2. The average Bonchev–Trinajstić information content (AvgIpc) is 3.93. The second-order valence-electron chi connectivity index (χ2n) is 12.0. The quantitative estimate of drug-likeness (QED) is 0.104. The van der Waals surface area contributed by atoms with E-state index in [9.17, 15) is 4.57 Å². The molecule has 2 aliphatic rings.